The van der Waals surface area contributed by atoms with Crippen LogP contribution in [0.5, 0.6) is 0 Å². The van der Waals surface area contributed by atoms with Crippen molar-refractivity contribution in [1.82, 2.24) is 20.6 Å². The van der Waals surface area contributed by atoms with Crippen molar-refractivity contribution in [3.8, 4) is 0 Å². The minimum absolute atomic E-state index is 0.0289. The van der Waals surface area contributed by atoms with E-state index in [0.29, 0.717) is 12.5 Å². The maximum Gasteiger partial charge on any atom is 0.140 e. The molecular weight excluding hydrogens is 374 g/mol. The third-order valence-corrected chi connectivity index (χ3v) is 6.53. The lowest BCUT2D eigenvalue weighted by molar-refractivity contribution is 0.170. The van der Waals surface area contributed by atoms with Crippen molar-refractivity contribution >= 4 is 11.5 Å². The van der Waals surface area contributed by atoms with Crippen LogP contribution in [0.4, 0.5) is 11.5 Å². The van der Waals surface area contributed by atoms with Crippen molar-refractivity contribution in [2.75, 3.05) is 24.5 Å². The molecule has 1 aliphatic heterocycles. The van der Waals surface area contributed by atoms with E-state index in [-0.39, 0.29) is 11.3 Å². The Bertz CT molecular complexity index is 914. The highest BCUT2D eigenvalue weighted by Crippen LogP contribution is 2.50. The molecule has 2 aromatic rings. The van der Waals surface area contributed by atoms with Gasteiger partial charge in [-0.05, 0) is 36.1 Å². The van der Waals surface area contributed by atoms with Crippen LogP contribution in [0.2, 0.25) is 0 Å². The summed E-state index contributed by atoms with van der Waals surface area (Å²) in [6, 6.07) is 7.06. The fourth-order valence-electron chi connectivity index (χ4n) is 5.13. The molecule has 4 rings (SSSR count). The first-order chi connectivity index (χ1) is 14.4. The Morgan fingerprint density at radius 2 is 2.10 bits per heavy atom. The molecule has 0 amide bonds. The second kappa shape index (κ2) is 8.25. The summed E-state index contributed by atoms with van der Waals surface area (Å²) in [6.07, 6.45) is 1.84. The molecule has 0 bridgehead atoms. The molecule has 2 heterocycles. The average molecular weight is 410 g/mol. The highest BCUT2D eigenvalue weighted by atomic mass is 16.3. The van der Waals surface area contributed by atoms with E-state index in [4.69, 9.17) is 4.98 Å². The molecule has 0 saturated carbocycles. The summed E-state index contributed by atoms with van der Waals surface area (Å²) in [5, 5.41) is 17.7. The van der Waals surface area contributed by atoms with E-state index in [2.05, 4.69) is 73.3 Å². The summed E-state index contributed by atoms with van der Waals surface area (Å²) in [5.74, 6) is 1.21. The fraction of sp³-hybridized carbons (Fsp3) is 0.583. The number of aliphatic hydroxyl groups excluding tert-OH is 1. The van der Waals surface area contributed by atoms with Gasteiger partial charge >= 0.3 is 0 Å². The minimum Gasteiger partial charge on any atom is -0.387 e. The predicted octanol–water partition coefficient (Wildman–Crippen LogP) is 3.53. The molecular formula is C24H35N5O. The summed E-state index contributed by atoms with van der Waals surface area (Å²) < 4.78 is 0. The standard InChI is InChI=1S/C24H35N5O/c1-6-25-12-24(5)13-29(18-9-7-8-17(21(18)24)11-26-15(2)3)23-20-16(4)10-19(30)22(20)27-14-28-23/h7-9,14-16,19,25-26,30H,6,10-13H2,1-5H3/t16-,19-,24+/m1/s1. The van der Waals surface area contributed by atoms with Crippen LogP contribution < -0.4 is 15.5 Å². The summed E-state index contributed by atoms with van der Waals surface area (Å²) in [6.45, 7) is 14.6. The Morgan fingerprint density at radius 3 is 2.83 bits per heavy atom. The van der Waals surface area contributed by atoms with Crippen LogP contribution in [0.25, 0.3) is 0 Å². The SMILES string of the molecule is CCNC[C@@]1(C)CN(c2ncnc3c2[C@H](C)C[C@H]3O)c2cccc(CNC(C)C)c21. The van der Waals surface area contributed by atoms with Crippen LogP contribution in [0.3, 0.4) is 0 Å². The van der Waals surface area contributed by atoms with Gasteiger partial charge in [0, 0.05) is 42.3 Å². The Balaban J connectivity index is 1.82. The third kappa shape index (κ3) is 3.61. The van der Waals surface area contributed by atoms with Gasteiger partial charge in [0.15, 0.2) is 0 Å². The number of rotatable bonds is 7. The Morgan fingerprint density at radius 1 is 1.30 bits per heavy atom. The number of anilines is 2. The number of aliphatic hydroxyl groups is 1. The maximum absolute atomic E-state index is 10.5. The number of hydrogen-bond acceptors (Lipinski definition) is 6. The van der Waals surface area contributed by atoms with Crippen molar-refractivity contribution < 1.29 is 5.11 Å². The van der Waals surface area contributed by atoms with E-state index in [1.165, 1.54) is 16.8 Å². The summed E-state index contributed by atoms with van der Waals surface area (Å²) in [4.78, 5) is 11.5. The van der Waals surface area contributed by atoms with E-state index < -0.39 is 6.10 Å². The van der Waals surface area contributed by atoms with Crippen LogP contribution >= 0.6 is 0 Å². The van der Waals surface area contributed by atoms with Gasteiger partial charge < -0.3 is 20.6 Å². The lowest BCUT2D eigenvalue weighted by atomic mass is 9.81. The number of hydrogen-bond donors (Lipinski definition) is 3. The molecule has 3 N–H and O–H groups in total. The van der Waals surface area contributed by atoms with E-state index in [9.17, 15) is 5.11 Å². The third-order valence-electron chi connectivity index (χ3n) is 6.53. The number of aromatic nitrogens is 2. The number of benzene rings is 1. The topological polar surface area (TPSA) is 73.3 Å². The van der Waals surface area contributed by atoms with Crippen LogP contribution in [-0.2, 0) is 12.0 Å². The van der Waals surface area contributed by atoms with Crippen molar-refractivity contribution in [1.29, 1.82) is 0 Å². The lowest BCUT2D eigenvalue weighted by Crippen LogP contribution is -2.40. The molecule has 0 saturated heterocycles. The quantitative estimate of drug-likeness (QED) is 0.650. The average Bonchev–Trinajstić information content (AvgIpc) is 3.19. The van der Waals surface area contributed by atoms with Crippen LogP contribution in [-0.4, -0.2) is 40.8 Å². The first-order valence-corrected chi connectivity index (χ1v) is 11.2. The maximum atomic E-state index is 10.5. The molecule has 2 aliphatic rings. The Hall–Kier alpha value is -2.02. The van der Waals surface area contributed by atoms with Gasteiger partial charge in [0.2, 0.25) is 0 Å². The molecule has 0 unspecified atom stereocenters. The molecule has 1 aromatic heterocycles. The molecule has 6 heteroatoms. The molecule has 1 aromatic carbocycles. The van der Waals surface area contributed by atoms with Crippen molar-refractivity contribution in [2.24, 2.45) is 0 Å². The second-order valence-corrected chi connectivity index (χ2v) is 9.42. The molecule has 0 spiro atoms. The second-order valence-electron chi connectivity index (χ2n) is 9.42. The number of fused-ring (bicyclic) bond motifs is 2. The van der Waals surface area contributed by atoms with Gasteiger partial charge in [-0.3, -0.25) is 0 Å². The minimum atomic E-state index is -0.492. The molecule has 0 fully saturated rings. The van der Waals surface area contributed by atoms with Gasteiger partial charge in [0.1, 0.15) is 12.1 Å². The van der Waals surface area contributed by atoms with E-state index in [1.807, 2.05) is 0 Å². The fourth-order valence-corrected chi connectivity index (χ4v) is 5.13. The van der Waals surface area contributed by atoms with Gasteiger partial charge in [-0.2, -0.15) is 0 Å². The highest BCUT2D eigenvalue weighted by Gasteiger charge is 2.43. The van der Waals surface area contributed by atoms with Crippen molar-refractivity contribution in [3.05, 3.63) is 46.9 Å². The molecule has 3 atom stereocenters. The smallest absolute Gasteiger partial charge is 0.140 e. The largest absolute Gasteiger partial charge is 0.387 e. The molecule has 6 nitrogen and oxygen atoms in total. The van der Waals surface area contributed by atoms with Gasteiger partial charge in [-0.25, -0.2) is 9.97 Å². The highest BCUT2D eigenvalue weighted by molar-refractivity contribution is 5.75. The van der Waals surface area contributed by atoms with E-state index >= 15 is 0 Å². The van der Waals surface area contributed by atoms with Crippen molar-refractivity contribution in [2.45, 2.75) is 71.1 Å². The van der Waals surface area contributed by atoms with Gasteiger partial charge in [0.05, 0.1) is 11.8 Å². The summed E-state index contributed by atoms with van der Waals surface area (Å²) in [5.41, 5.74) is 5.86. The first-order valence-electron chi connectivity index (χ1n) is 11.2. The van der Waals surface area contributed by atoms with Gasteiger partial charge in [-0.1, -0.05) is 46.8 Å². The predicted molar refractivity (Wildman–Crippen MR) is 121 cm³/mol. The Kier molecular flexibility index (Phi) is 5.84. The number of likely N-dealkylation sites (N-methyl/N-ethyl adjacent to an activating group) is 1. The van der Waals surface area contributed by atoms with E-state index in [1.54, 1.807) is 6.33 Å². The van der Waals surface area contributed by atoms with E-state index in [0.717, 1.165) is 43.3 Å². The zero-order chi connectivity index (χ0) is 21.5. The number of nitrogens with zero attached hydrogens (tertiary/aromatic N) is 3. The van der Waals surface area contributed by atoms with Crippen LogP contribution in [0.15, 0.2) is 24.5 Å². The monoisotopic (exact) mass is 409 g/mol. The molecule has 1 aliphatic carbocycles. The van der Waals surface area contributed by atoms with Gasteiger partial charge in [0.25, 0.3) is 0 Å². The lowest BCUT2D eigenvalue weighted by Gasteiger charge is -2.28. The zero-order valence-corrected chi connectivity index (χ0v) is 18.9. The number of nitrogens with one attached hydrogen (secondary N) is 2. The van der Waals surface area contributed by atoms with Crippen LogP contribution in [0, 0.1) is 0 Å². The van der Waals surface area contributed by atoms with Crippen molar-refractivity contribution in [3.63, 3.8) is 0 Å². The van der Waals surface area contributed by atoms with Gasteiger partial charge in [-0.15, -0.1) is 0 Å². The molecule has 162 valence electrons. The summed E-state index contributed by atoms with van der Waals surface area (Å²) in [7, 11) is 0. The first kappa shape index (κ1) is 21.2. The van der Waals surface area contributed by atoms with Crippen LogP contribution in [0.1, 0.15) is 75.4 Å². The zero-order valence-electron chi connectivity index (χ0n) is 18.9. The Labute approximate surface area is 180 Å². The molecule has 30 heavy (non-hydrogen) atoms. The molecule has 0 radical (unpaired) electrons. The summed E-state index contributed by atoms with van der Waals surface area (Å²) >= 11 is 0. The normalized spacial score (nSPS) is 25.1.